The van der Waals surface area contributed by atoms with Gasteiger partial charge in [0.05, 0.1) is 22.8 Å². The summed E-state index contributed by atoms with van der Waals surface area (Å²) in [7, 11) is 0. The van der Waals surface area contributed by atoms with Crippen molar-refractivity contribution in [1.82, 2.24) is 29.5 Å². The van der Waals surface area contributed by atoms with E-state index in [4.69, 9.17) is 0 Å². The van der Waals surface area contributed by atoms with E-state index in [9.17, 15) is 9.18 Å². The third-order valence-corrected chi connectivity index (χ3v) is 5.75. The maximum absolute atomic E-state index is 14.4. The molecule has 1 fully saturated rings. The molecule has 5 rings (SSSR count). The average molecular weight is 430 g/mol. The zero-order chi connectivity index (χ0) is 22.1. The number of amides is 1. The Bertz CT molecular complexity index is 1260. The van der Waals surface area contributed by atoms with Crippen LogP contribution in [0, 0.1) is 12.7 Å². The molecule has 3 aromatic heterocycles. The lowest BCUT2D eigenvalue weighted by molar-refractivity contribution is 0.0629. The molecule has 0 saturated carbocycles. The largest absolute Gasteiger partial charge is 0.336 e. The molecule has 1 aliphatic heterocycles. The molecule has 4 aromatic rings. The number of para-hydroxylation sites is 1. The van der Waals surface area contributed by atoms with Crippen molar-refractivity contribution in [3.63, 3.8) is 0 Å². The molecular weight excluding hydrogens is 407 g/mol. The molecule has 0 atom stereocenters. The van der Waals surface area contributed by atoms with Gasteiger partial charge in [-0.05, 0) is 37.3 Å². The first kappa shape index (κ1) is 20.3. The van der Waals surface area contributed by atoms with Crippen LogP contribution in [-0.2, 0) is 6.54 Å². The van der Waals surface area contributed by atoms with Crippen molar-refractivity contribution in [1.29, 1.82) is 0 Å². The number of nitrogens with zero attached hydrogens (tertiary/aromatic N) is 6. The lowest BCUT2D eigenvalue weighted by atomic mass is 10.1. The van der Waals surface area contributed by atoms with Gasteiger partial charge >= 0.3 is 0 Å². The van der Waals surface area contributed by atoms with Crippen LogP contribution >= 0.6 is 0 Å². The van der Waals surface area contributed by atoms with Crippen molar-refractivity contribution in [3.8, 4) is 5.69 Å². The monoisotopic (exact) mass is 430 g/mol. The Hall–Kier alpha value is -3.65. The Balaban J connectivity index is 1.38. The van der Waals surface area contributed by atoms with E-state index in [1.807, 2.05) is 30.0 Å². The SMILES string of the molecule is Cc1cc(C(=O)N2CCN(Cc3ccccn3)CC2)c2cnn(-c3ccccc3F)c2n1. The number of carbonyl (C=O) groups excluding carboxylic acids is 1. The number of hydrogen-bond acceptors (Lipinski definition) is 5. The predicted octanol–water partition coefficient (Wildman–Crippen LogP) is 3.22. The summed E-state index contributed by atoms with van der Waals surface area (Å²) in [6.07, 6.45) is 3.40. The van der Waals surface area contributed by atoms with E-state index in [0.29, 0.717) is 41.1 Å². The third-order valence-electron chi connectivity index (χ3n) is 5.75. The van der Waals surface area contributed by atoms with Gasteiger partial charge < -0.3 is 4.90 Å². The minimum absolute atomic E-state index is 0.0499. The van der Waals surface area contributed by atoms with E-state index in [1.54, 1.807) is 36.7 Å². The van der Waals surface area contributed by atoms with Gasteiger partial charge in [-0.2, -0.15) is 5.10 Å². The second kappa shape index (κ2) is 8.47. The Morgan fingerprint density at radius 3 is 2.59 bits per heavy atom. The number of aromatic nitrogens is 4. The first-order valence-corrected chi connectivity index (χ1v) is 10.6. The molecule has 0 bridgehead atoms. The number of pyridine rings is 2. The maximum Gasteiger partial charge on any atom is 0.254 e. The lowest BCUT2D eigenvalue weighted by Gasteiger charge is -2.34. The molecule has 0 N–H and O–H groups in total. The Morgan fingerprint density at radius 2 is 1.84 bits per heavy atom. The van der Waals surface area contributed by atoms with Crippen LogP contribution < -0.4 is 0 Å². The van der Waals surface area contributed by atoms with Crippen LogP contribution in [0.4, 0.5) is 4.39 Å². The zero-order valence-electron chi connectivity index (χ0n) is 17.8. The third kappa shape index (κ3) is 3.85. The summed E-state index contributed by atoms with van der Waals surface area (Å²) < 4.78 is 15.8. The number of rotatable bonds is 4. The van der Waals surface area contributed by atoms with Gasteiger partial charge in [-0.25, -0.2) is 14.1 Å². The molecule has 0 unspecified atom stereocenters. The maximum atomic E-state index is 14.4. The first-order valence-electron chi connectivity index (χ1n) is 10.6. The van der Waals surface area contributed by atoms with Gasteiger partial charge in [0.1, 0.15) is 11.5 Å². The van der Waals surface area contributed by atoms with Gasteiger partial charge in [-0.15, -0.1) is 0 Å². The van der Waals surface area contributed by atoms with Crippen LogP contribution in [0.2, 0.25) is 0 Å². The number of aryl methyl sites for hydroxylation is 1. The molecule has 1 aliphatic rings. The van der Waals surface area contributed by atoms with Crippen molar-refractivity contribution >= 4 is 16.9 Å². The Morgan fingerprint density at radius 1 is 1.06 bits per heavy atom. The van der Waals surface area contributed by atoms with Crippen LogP contribution in [-0.4, -0.2) is 61.6 Å². The fourth-order valence-corrected chi connectivity index (χ4v) is 4.10. The van der Waals surface area contributed by atoms with E-state index < -0.39 is 5.82 Å². The van der Waals surface area contributed by atoms with E-state index in [-0.39, 0.29) is 5.91 Å². The number of halogens is 1. The van der Waals surface area contributed by atoms with Gasteiger partial charge in [-0.1, -0.05) is 18.2 Å². The first-order chi connectivity index (χ1) is 15.6. The summed E-state index contributed by atoms with van der Waals surface area (Å²) in [6.45, 7) is 5.44. The normalized spacial score (nSPS) is 14.8. The molecule has 1 aromatic carbocycles. The fraction of sp³-hybridized carbons (Fsp3) is 0.250. The van der Waals surface area contributed by atoms with Crippen molar-refractivity contribution < 1.29 is 9.18 Å². The Labute approximate surface area is 185 Å². The summed E-state index contributed by atoms with van der Waals surface area (Å²) in [5.41, 5.74) is 3.05. The molecule has 4 heterocycles. The van der Waals surface area contributed by atoms with Crippen LogP contribution in [0.1, 0.15) is 21.7 Å². The second-order valence-electron chi connectivity index (χ2n) is 7.95. The highest BCUT2D eigenvalue weighted by atomic mass is 19.1. The van der Waals surface area contributed by atoms with Crippen LogP contribution in [0.5, 0.6) is 0 Å². The van der Waals surface area contributed by atoms with E-state index in [2.05, 4.69) is 20.0 Å². The van der Waals surface area contributed by atoms with Crippen molar-refractivity contribution in [2.75, 3.05) is 26.2 Å². The highest BCUT2D eigenvalue weighted by molar-refractivity contribution is 6.05. The number of benzene rings is 1. The zero-order valence-corrected chi connectivity index (χ0v) is 17.8. The quantitative estimate of drug-likeness (QED) is 0.497. The molecule has 0 spiro atoms. The molecular formula is C24H23FN6O. The summed E-state index contributed by atoms with van der Waals surface area (Å²) in [4.78, 5) is 26.5. The lowest BCUT2D eigenvalue weighted by Crippen LogP contribution is -2.48. The Kier molecular flexibility index (Phi) is 5.36. The number of hydrogen-bond donors (Lipinski definition) is 0. The van der Waals surface area contributed by atoms with Crippen molar-refractivity contribution in [2.24, 2.45) is 0 Å². The van der Waals surface area contributed by atoms with Gasteiger partial charge in [0.2, 0.25) is 0 Å². The topological polar surface area (TPSA) is 67.2 Å². The smallest absolute Gasteiger partial charge is 0.254 e. The number of piperazine rings is 1. The number of carbonyl (C=O) groups is 1. The van der Waals surface area contributed by atoms with E-state index in [1.165, 1.54) is 10.7 Å². The second-order valence-corrected chi connectivity index (χ2v) is 7.95. The molecule has 1 saturated heterocycles. The highest BCUT2D eigenvalue weighted by Gasteiger charge is 2.25. The molecule has 0 radical (unpaired) electrons. The highest BCUT2D eigenvalue weighted by Crippen LogP contribution is 2.24. The summed E-state index contributed by atoms with van der Waals surface area (Å²) >= 11 is 0. The fourth-order valence-electron chi connectivity index (χ4n) is 4.10. The van der Waals surface area contributed by atoms with Gasteiger partial charge in [-0.3, -0.25) is 14.7 Å². The summed E-state index contributed by atoms with van der Waals surface area (Å²) in [5.74, 6) is -0.441. The van der Waals surface area contributed by atoms with Crippen LogP contribution in [0.15, 0.2) is 60.9 Å². The molecule has 162 valence electrons. The minimum Gasteiger partial charge on any atom is -0.336 e. The van der Waals surface area contributed by atoms with Gasteiger partial charge in [0.25, 0.3) is 5.91 Å². The average Bonchev–Trinajstić information content (AvgIpc) is 3.23. The van der Waals surface area contributed by atoms with Crippen molar-refractivity contribution in [2.45, 2.75) is 13.5 Å². The standard InChI is InChI=1S/C24H23FN6O/c1-17-14-19(20-15-27-31(23(20)28-17)22-8-3-2-7-21(22)25)24(32)30-12-10-29(11-13-30)16-18-6-4-5-9-26-18/h2-9,14-15H,10-13,16H2,1H3. The van der Waals surface area contributed by atoms with Gasteiger partial charge in [0.15, 0.2) is 5.65 Å². The molecule has 0 aliphatic carbocycles. The predicted molar refractivity (Wildman–Crippen MR) is 119 cm³/mol. The van der Waals surface area contributed by atoms with Gasteiger partial charge in [0, 0.05) is 44.6 Å². The molecule has 32 heavy (non-hydrogen) atoms. The van der Waals surface area contributed by atoms with Crippen LogP contribution in [0.3, 0.4) is 0 Å². The molecule has 8 heteroatoms. The van der Waals surface area contributed by atoms with E-state index >= 15 is 0 Å². The van der Waals surface area contributed by atoms with Crippen LogP contribution in [0.25, 0.3) is 16.7 Å². The molecule has 7 nitrogen and oxygen atoms in total. The summed E-state index contributed by atoms with van der Waals surface area (Å²) in [6, 6.07) is 14.1. The molecule has 1 amide bonds. The van der Waals surface area contributed by atoms with Crippen molar-refractivity contribution in [3.05, 3.63) is 83.7 Å². The minimum atomic E-state index is -0.391. The summed E-state index contributed by atoms with van der Waals surface area (Å²) in [5, 5.41) is 4.97. The van der Waals surface area contributed by atoms with E-state index in [0.717, 1.165) is 25.3 Å². The number of fused-ring (bicyclic) bond motifs is 1.